The van der Waals surface area contributed by atoms with Crippen LogP contribution in [0.25, 0.3) is 10.2 Å². The number of primary amides is 1. The smallest absolute Gasteiger partial charge is 0.268 e. The van der Waals surface area contributed by atoms with Gasteiger partial charge in [0.25, 0.3) is 5.91 Å². The van der Waals surface area contributed by atoms with E-state index in [0.29, 0.717) is 5.82 Å². The maximum atomic E-state index is 11.3. The fourth-order valence-corrected chi connectivity index (χ4v) is 3.83. The van der Waals surface area contributed by atoms with Crippen LogP contribution in [0.2, 0.25) is 0 Å². The van der Waals surface area contributed by atoms with E-state index in [1.165, 1.54) is 11.1 Å². The summed E-state index contributed by atoms with van der Waals surface area (Å²) in [5.41, 5.74) is 5.47. The summed E-state index contributed by atoms with van der Waals surface area (Å²) in [4.78, 5) is 35.1. The molecule has 4 heterocycles. The Labute approximate surface area is 148 Å². The molecular weight excluding hydrogens is 338 g/mol. The number of anilines is 2. The highest BCUT2D eigenvalue weighted by Crippen LogP contribution is 2.30. The number of carbonyl (C=O) groups excluding carboxylic acids is 1. The molecule has 3 aromatic rings. The predicted molar refractivity (Wildman–Crippen MR) is 97.1 cm³/mol. The number of carbonyl (C=O) groups is 1. The lowest BCUT2D eigenvalue weighted by Gasteiger charge is -2.36. The molecule has 3 aromatic heterocycles. The molecule has 0 unspecified atom stereocenters. The number of piperazine rings is 1. The first-order valence-electron chi connectivity index (χ1n) is 7.95. The lowest BCUT2D eigenvalue weighted by atomic mass is 10.2. The van der Waals surface area contributed by atoms with Gasteiger partial charge in [0, 0.05) is 31.1 Å². The summed E-state index contributed by atoms with van der Waals surface area (Å²) in [6.45, 7) is 5.24. The molecule has 0 aliphatic carbocycles. The van der Waals surface area contributed by atoms with Crippen molar-refractivity contribution in [2.24, 2.45) is 5.73 Å². The Hall–Kier alpha value is -2.81. The maximum absolute atomic E-state index is 11.3. The molecule has 8 nitrogen and oxygen atoms in total. The molecule has 1 saturated heterocycles. The first kappa shape index (κ1) is 15.7. The van der Waals surface area contributed by atoms with Crippen LogP contribution >= 0.6 is 11.3 Å². The fourth-order valence-electron chi connectivity index (χ4n) is 2.99. The molecule has 128 valence electrons. The van der Waals surface area contributed by atoms with Crippen molar-refractivity contribution in [2.75, 3.05) is 36.0 Å². The van der Waals surface area contributed by atoms with Crippen LogP contribution in [-0.2, 0) is 0 Å². The third-order valence-corrected chi connectivity index (χ3v) is 5.17. The van der Waals surface area contributed by atoms with E-state index in [1.807, 2.05) is 0 Å². The molecule has 4 rings (SSSR count). The molecule has 2 N–H and O–H groups in total. The van der Waals surface area contributed by atoms with Crippen molar-refractivity contribution in [3.8, 4) is 0 Å². The Balaban J connectivity index is 1.53. The largest absolute Gasteiger partial charge is 0.364 e. The van der Waals surface area contributed by atoms with Gasteiger partial charge in [0.2, 0.25) is 0 Å². The summed E-state index contributed by atoms with van der Waals surface area (Å²) in [6, 6.07) is 2.14. The van der Waals surface area contributed by atoms with Gasteiger partial charge < -0.3 is 15.5 Å². The van der Waals surface area contributed by atoms with Crippen LogP contribution in [0.5, 0.6) is 0 Å². The molecule has 0 aromatic carbocycles. The molecule has 0 atom stereocenters. The number of hydrogen-bond acceptors (Lipinski definition) is 8. The average molecular weight is 355 g/mol. The van der Waals surface area contributed by atoms with Gasteiger partial charge in [-0.25, -0.2) is 15.0 Å². The molecule has 1 aliphatic rings. The van der Waals surface area contributed by atoms with E-state index in [-0.39, 0.29) is 5.69 Å². The molecule has 9 heteroatoms. The second kappa shape index (κ2) is 6.25. The van der Waals surface area contributed by atoms with Crippen molar-refractivity contribution < 1.29 is 4.79 Å². The number of amides is 1. The molecule has 1 fully saturated rings. The van der Waals surface area contributed by atoms with Crippen molar-refractivity contribution >= 4 is 39.1 Å². The van der Waals surface area contributed by atoms with Gasteiger partial charge in [-0.1, -0.05) is 0 Å². The summed E-state index contributed by atoms with van der Waals surface area (Å²) in [5, 5.41) is 1.11. The van der Waals surface area contributed by atoms with Gasteiger partial charge in [0.1, 0.15) is 28.5 Å². The van der Waals surface area contributed by atoms with Crippen LogP contribution in [-0.4, -0.2) is 52.0 Å². The normalized spacial score (nSPS) is 14.9. The molecule has 0 radical (unpaired) electrons. The highest BCUT2D eigenvalue weighted by atomic mass is 32.1. The zero-order chi connectivity index (χ0) is 17.4. The predicted octanol–water partition coefficient (Wildman–Crippen LogP) is 1.22. The van der Waals surface area contributed by atoms with Gasteiger partial charge in [-0.3, -0.25) is 9.78 Å². The number of fused-ring (bicyclic) bond motifs is 1. The third-order valence-electron chi connectivity index (χ3n) is 4.21. The average Bonchev–Trinajstić information content (AvgIpc) is 3.02. The van der Waals surface area contributed by atoms with Crippen molar-refractivity contribution in [2.45, 2.75) is 6.92 Å². The molecular formula is C16H17N7OS. The minimum atomic E-state index is -0.566. The van der Waals surface area contributed by atoms with Gasteiger partial charge in [0.15, 0.2) is 0 Å². The Morgan fingerprint density at radius 2 is 1.92 bits per heavy atom. The highest BCUT2D eigenvalue weighted by Gasteiger charge is 2.22. The van der Waals surface area contributed by atoms with Crippen LogP contribution in [0.15, 0.2) is 24.8 Å². The number of aryl methyl sites for hydroxylation is 1. The molecule has 1 amide bonds. The van der Waals surface area contributed by atoms with Crippen LogP contribution in [0.1, 0.15) is 15.4 Å². The minimum Gasteiger partial charge on any atom is -0.364 e. The number of hydrogen-bond donors (Lipinski definition) is 1. The number of nitrogens with two attached hydrogens (primary N) is 1. The van der Waals surface area contributed by atoms with Gasteiger partial charge in [-0.05, 0) is 13.0 Å². The summed E-state index contributed by atoms with van der Waals surface area (Å²) >= 11 is 1.68. The number of rotatable bonds is 3. The maximum Gasteiger partial charge on any atom is 0.268 e. The first-order valence-corrected chi connectivity index (χ1v) is 8.76. The summed E-state index contributed by atoms with van der Waals surface area (Å²) in [5.74, 6) is 1.09. The van der Waals surface area contributed by atoms with Crippen LogP contribution in [0.3, 0.4) is 0 Å². The first-order chi connectivity index (χ1) is 12.1. The summed E-state index contributed by atoms with van der Waals surface area (Å²) in [7, 11) is 0. The van der Waals surface area contributed by atoms with Crippen LogP contribution < -0.4 is 15.5 Å². The van der Waals surface area contributed by atoms with Gasteiger partial charge in [0.05, 0.1) is 17.8 Å². The quantitative estimate of drug-likeness (QED) is 0.753. The van der Waals surface area contributed by atoms with Gasteiger partial charge in [-0.15, -0.1) is 11.3 Å². The Morgan fingerprint density at radius 3 is 2.68 bits per heavy atom. The summed E-state index contributed by atoms with van der Waals surface area (Å²) in [6.07, 6.45) is 4.67. The standard InChI is InChI=1S/C16H17N7OS/c1-10-6-11-15(19-9-20-16(11)25-10)23-4-2-22(3-5-23)13-8-18-7-12(21-13)14(17)24/h6-9H,2-5H2,1H3,(H2,17,24). The van der Waals surface area contributed by atoms with E-state index in [4.69, 9.17) is 5.73 Å². The van der Waals surface area contributed by atoms with E-state index in [1.54, 1.807) is 23.9 Å². The minimum absolute atomic E-state index is 0.186. The topological polar surface area (TPSA) is 101 Å². The Bertz CT molecular complexity index is 933. The lowest BCUT2D eigenvalue weighted by Crippen LogP contribution is -2.47. The zero-order valence-corrected chi connectivity index (χ0v) is 14.5. The number of aromatic nitrogens is 4. The monoisotopic (exact) mass is 355 g/mol. The third kappa shape index (κ3) is 2.98. The molecule has 1 aliphatic heterocycles. The van der Waals surface area contributed by atoms with E-state index in [9.17, 15) is 4.79 Å². The number of thiophene rings is 1. The van der Waals surface area contributed by atoms with E-state index < -0.39 is 5.91 Å². The molecule has 0 saturated carbocycles. The second-order valence-electron chi connectivity index (χ2n) is 5.87. The van der Waals surface area contributed by atoms with Gasteiger partial charge in [-0.2, -0.15) is 0 Å². The molecule has 0 spiro atoms. The van der Waals surface area contributed by atoms with Crippen molar-refractivity contribution in [1.82, 2.24) is 19.9 Å². The Morgan fingerprint density at radius 1 is 1.16 bits per heavy atom. The lowest BCUT2D eigenvalue weighted by molar-refractivity contribution is 0.0995. The zero-order valence-electron chi connectivity index (χ0n) is 13.7. The number of nitrogens with zero attached hydrogens (tertiary/aromatic N) is 6. The fraction of sp³-hybridized carbons (Fsp3) is 0.312. The van der Waals surface area contributed by atoms with Crippen molar-refractivity contribution in [3.05, 3.63) is 35.4 Å². The van der Waals surface area contributed by atoms with Crippen molar-refractivity contribution in [3.63, 3.8) is 0 Å². The summed E-state index contributed by atoms with van der Waals surface area (Å²) < 4.78 is 0. The van der Waals surface area contributed by atoms with Crippen LogP contribution in [0, 0.1) is 6.92 Å². The van der Waals surface area contributed by atoms with Crippen LogP contribution in [0.4, 0.5) is 11.6 Å². The van der Waals surface area contributed by atoms with E-state index in [2.05, 4.69) is 42.7 Å². The molecule has 25 heavy (non-hydrogen) atoms. The Kier molecular flexibility index (Phi) is 3.92. The SMILES string of the molecule is Cc1cc2c(N3CCN(c4cncc(C(N)=O)n4)CC3)ncnc2s1. The van der Waals surface area contributed by atoms with E-state index >= 15 is 0 Å². The highest BCUT2D eigenvalue weighted by molar-refractivity contribution is 7.18. The van der Waals surface area contributed by atoms with Crippen molar-refractivity contribution in [1.29, 1.82) is 0 Å². The second-order valence-corrected chi connectivity index (χ2v) is 7.11. The van der Waals surface area contributed by atoms with Gasteiger partial charge >= 0.3 is 0 Å². The molecule has 0 bridgehead atoms. The van der Waals surface area contributed by atoms with E-state index in [0.717, 1.165) is 42.2 Å².